The van der Waals surface area contributed by atoms with Crippen molar-refractivity contribution in [1.29, 1.82) is 0 Å². The van der Waals surface area contributed by atoms with Crippen molar-refractivity contribution in [1.82, 2.24) is 0 Å². The van der Waals surface area contributed by atoms with Crippen molar-refractivity contribution in [3.8, 4) is 0 Å². The lowest BCUT2D eigenvalue weighted by atomic mass is 10.3. The Morgan fingerprint density at radius 1 is 1.50 bits per heavy atom. The average molecular weight is 196 g/mol. The Hall–Kier alpha value is -0.210. The molecule has 0 aliphatic carbocycles. The molecule has 0 fully saturated rings. The molecule has 0 radical (unpaired) electrons. The third-order valence-electron chi connectivity index (χ3n) is 1.94. The molecule has 0 nitrogen and oxygen atoms in total. The molecular weight excluding hydrogens is 184 g/mol. The van der Waals surface area contributed by atoms with Crippen LogP contribution in [0.15, 0.2) is 17.5 Å². The first-order chi connectivity index (χ1) is 5.75. The third kappa shape index (κ3) is 1.59. The van der Waals surface area contributed by atoms with Gasteiger partial charge in [-0.15, -0.1) is 23.1 Å². The van der Waals surface area contributed by atoms with Gasteiger partial charge in [0.2, 0.25) is 0 Å². The Morgan fingerprint density at radius 2 is 2.33 bits per heavy atom. The van der Waals surface area contributed by atoms with Crippen LogP contribution in [0.4, 0.5) is 0 Å². The van der Waals surface area contributed by atoms with Gasteiger partial charge in [0.05, 0.1) is 0 Å². The van der Waals surface area contributed by atoms with E-state index in [1.807, 2.05) is 23.1 Å². The molecule has 1 unspecified atom stereocenters. The van der Waals surface area contributed by atoms with Gasteiger partial charge in [-0.3, -0.25) is 0 Å². The zero-order valence-corrected chi connectivity index (χ0v) is 8.97. The first-order valence-corrected chi connectivity index (χ1v) is 5.94. The Labute approximate surface area is 81.7 Å². The van der Waals surface area contributed by atoms with E-state index in [-0.39, 0.29) is 0 Å². The number of allylic oxidation sites excluding steroid dienone is 1. The number of rotatable bonds is 1. The molecule has 0 amide bonds. The van der Waals surface area contributed by atoms with Crippen LogP contribution >= 0.6 is 23.1 Å². The SMILES string of the molecule is Cc1csc(C2=CCC(C)S2)c1. The molecule has 64 valence electrons. The lowest BCUT2D eigenvalue weighted by Gasteiger charge is -1.99. The second kappa shape index (κ2) is 3.27. The molecule has 0 bridgehead atoms. The predicted molar refractivity (Wildman–Crippen MR) is 58.7 cm³/mol. The van der Waals surface area contributed by atoms with Crippen molar-refractivity contribution in [2.75, 3.05) is 0 Å². The molecule has 0 saturated heterocycles. The molecule has 12 heavy (non-hydrogen) atoms. The summed E-state index contributed by atoms with van der Waals surface area (Å²) in [7, 11) is 0. The summed E-state index contributed by atoms with van der Waals surface area (Å²) in [5.41, 5.74) is 1.39. The fraction of sp³-hybridized carbons (Fsp3) is 0.400. The molecule has 2 heterocycles. The second-order valence-electron chi connectivity index (χ2n) is 3.22. The van der Waals surface area contributed by atoms with E-state index < -0.39 is 0 Å². The van der Waals surface area contributed by atoms with E-state index >= 15 is 0 Å². The molecule has 1 aliphatic heterocycles. The highest BCUT2D eigenvalue weighted by Crippen LogP contribution is 2.41. The summed E-state index contributed by atoms with van der Waals surface area (Å²) in [6, 6.07) is 2.28. The maximum absolute atomic E-state index is 2.36. The highest BCUT2D eigenvalue weighted by atomic mass is 32.2. The summed E-state index contributed by atoms with van der Waals surface area (Å²) >= 11 is 3.86. The first kappa shape index (κ1) is 8.39. The fourth-order valence-corrected chi connectivity index (χ4v) is 3.42. The van der Waals surface area contributed by atoms with Crippen molar-refractivity contribution >= 4 is 28.0 Å². The van der Waals surface area contributed by atoms with E-state index in [4.69, 9.17) is 0 Å². The largest absolute Gasteiger partial charge is 0.143 e. The van der Waals surface area contributed by atoms with Gasteiger partial charge in [0.1, 0.15) is 0 Å². The van der Waals surface area contributed by atoms with Crippen LogP contribution in [-0.4, -0.2) is 5.25 Å². The summed E-state index contributed by atoms with van der Waals surface area (Å²) in [4.78, 5) is 2.93. The normalized spacial score (nSPS) is 22.8. The Kier molecular flexibility index (Phi) is 2.28. The summed E-state index contributed by atoms with van der Waals surface area (Å²) in [5, 5.41) is 3.00. The molecule has 1 aliphatic rings. The van der Waals surface area contributed by atoms with E-state index in [1.54, 1.807) is 0 Å². The summed E-state index contributed by atoms with van der Waals surface area (Å²) in [6.45, 7) is 4.44. The van der Waals surface area contributed by atoms with Crippen LogP contribution in [0.2, 0.25) is 0 Å². The lowest BCUT2D eigenvalue weighted by Crippen LogP contribution is -1.83. The monoisotopic (exact) mass is 196 g/mol. The van der Waals surface area contributed by atoms with Crippen LogP contribution in [0.5, 0.6) is 0 Å². The van der Waals surface area contributed by atoms with Gasteiger partial charge in [0, 0.05) is 15.0 Å². The summed E-state index contributed by atoms with van der Waals surface area (Å²) < 4.78 is 0. The average Bonchev–Trinajstić information content (AvgIpc) is 2.58. The third-order valence-corrected chi connectivity index (χ3v) is 4.38. The Balaban J connectivity index is 2.21. The topological polar surface area (TPSA) is 0 Å². The molecule has 2 heteroatoms. The maximum Gasteiger partial charge on any atom is 0.0405 e. The van der Waals surface area contributed by atoms with Gasteiger partial charge in [-0.25, -0.2) is 0 Å². The second-order valence-corrected chi connectivity index (χ2v) is 5.61. The van der Waals surface area contributed by atoms with Gasteiger partial charge in [-0.05, 0) is 30.4 Å². The minimum Gasteiger partial charge on any atom is -0.143 e. The van der Waals surface area contributed by atoms with E-state index in [0.717, 1.165) is 5.25 Å². The van der Waals surface area contributed by atoms with Gasteiger partial charge in [-0.1, -0.05) is 13.0 Å². The number of hydrogen-bond acceptors (Lipinski definition) is 2. The maximum atomic E-state index is 2.36. The molecule has 0 saturated carbocycles. The molecular formula is C10H12S2. The fourth-order valence-electron chi connectivity index (χ4n) is 1.31. The Bertz CT molecular complexity index is 309. The lowest BCUT2D eigenvalue weighted by molar-refractivity contribution is 1.00. The smallest absolute Gasteiger partial charge is 0.0405 e. The molecule has 1 aromatic heterocycles. The van der Waals surface area contributed by atoms with Gasteiger partial charge in [-0.2, -0.15) is 0 Å². The van der Waals surface area contributed by atoms with Crippen LogP contribution in [-0.2, 0) is 0 Å². The highest BCUT2D eigenvalue weighted by molar-refractivity contribution is 8.09. The minimum absolute atomic E-state index is 0.780. The molecule has 2 rings (SSSR count). The van der Waals surface area contributed by atoms with Crippen molar-refractivity contribution in [2.24, 2.45) is 0 Å². The first-order valence-electron chi connectivity index (χ1n) is 4.18. The van der Waals surface area contributed by atoms with Gasteiger partial charge >= 0.3 is 0 Å². The van der Waals surface area contributed by atoms with E-state index in [1.165, 1.54) is 21.8 Å². The number of hydrogen-bond donors (Lipinski definition) is 0. The van der Waals surface area contributed by atoms with Crippen molar-refractivity contribution in [2.45, 2.75) is 25.5 Å². The van der Waals surface area contributed by atoms with Crippen LogP contribution in [0.25, 0.3) is 4.91 Å². The summed E-state index contributed by atoms with van der Waals surface area (Å²) in [6.07, 6.45) is 3.59. The molecule has 0 spiro atoms. The predicted octanol–water partition coefficient (Wildman–Crippen LogP) is 3.92. The van der Waals surface area contributed by atoms with Gasteiger partial charge in [0.25, 0.3) is 0 Å². The van der Waals surface area contributed by atoms with Gasteiger partial charge in [0.15, 0.2) is 0 Å². The summed E-state index contributed by atoms with van der Waals surface area (Å²) in [5.74, 6) is 0. The molecule has 1 aromatic rings. The highest BCUT2D eigenvalue weighted by Gasteiger charge is 2.15. The minimum atomic E-state index is 0.780. The van der Waals surface area contributed by atoms with E-state index in [0.29, 0.717) is 0 Å². The van der Waals surface area contributed by atoms with Crippen LogP contribution in [0, 0.1) is 6.92 Å². The van der Waals surface area contributed by atoms with E-state index in [2.05, 4.69) is 31.4 Å². The van der Waals surface area contributed by atoms with Crippen molar-refractivity contribution in [3.05, 3.63) is 28.0 Å². The molecule has 1 atom stereocenters. The van der Waals surface area contributed by atoms with Crippen LogP contribution in [0.3, 0.4) is 0 Å². The van der Waals surface area contributed by atoms with Crippen LogP contribution in [0.1, 0.15) is 23.8 Å². The standard InChI is InChI=1S/C10H12S2/c1-7-5-10(11-6-7)9-4-3-8(2)12-9/h4-6,8H,3H2,1-2H3. The molecule has 0 N–H and O–H groups in total. The number of thiophene rings is 1. The van der Waals surface area contributed by atoms with Crippen molar-refractivity contribution in [3.63, 3.8) is 0 Å². The van der Waals surface area contributed by atoms with E-state index in [9.17, 15) is 0 Å². The molecule has 0 aromatic carbocycles. The van der Waals surface area contributed by atoms with Crippen molar-refractivity contribution < 1.29 is 0 Å². The van der Waals surface area contributed by atoms with Crippen LogP contribution < -0.4 is 0 Å². The zero-order valence-electron chi connectivity index (χ0n) is 7.33. The zero-order chi connectivity index (χ0) is 8.55. The van der Waals surface area contributed by atoms with Gasteiger partial charge < -0.3 is 0 Å². The quantitative estimate of drug-likeness (QED) is 0.656. The Morgan fingerprint density at radius 3 is 2.83 bits per heavy atom. The number of aryl methyl sites for hydroxylation is 1. The number of thioether (sulfide) groups is 1.